The molecule has 2 amide bonds. The van der Waals surface area contributed by atoms with Crippen LogP contribution in [0, 0.1) is 5.92 Å². The molecule has 2 aromatic rings. The Hall–Kier alpha value is -4.67. The summed E-state index contributed by atoms with van der Waals surface area (Å²) in [5.74, 6) is -2.64. The first kappa shape index (κ1) is 38.1. The van der Waals surface area contributed by atoms with E-state index in [1.165, 1.54) is 19.2 Å². The fourth-order valence-electron chi connectivity index (χ4n) is 4.56. The molecule has 1 unspecified atom stereocenters. The van der Waals surface area contributed by atoms with Crippen LogP contribution in [-0.2, 0) is 33.9 Å². The van der Waals surface area contributed by atoms with Crippen molar-refractivity contribution >= 4 is 62.2 Å². The second-order valence-electron chi connectivity index (χ2n) is 11.7. The smallest absolute Gasteiger partial charge is 0.418 e. The number of aliphatic carboxylic acids is 1. The number of nitrogens with one attached hydrogen (secondary N) is 3. The number of thiazole rings is 1. The van der Waals surface area contributed by atoms with Gasteiger partial charge in [-0.1, -0.05) is 17.3 Å². The Morgan fingerprint density at radius 2 is 2.00 bits per heavy atom. The first-order valence-corrected chi connectivity index (χ1v) is 17.5. The Morgan fingerprint density at radius 1 is 1.28 bits per heavy atom. The highest BCUT2D eigenvalue weighted by atomic mass is 32.3. The van der Waals surface area contributed by atoms with Crippen LogP contribution in [0.1, 0.15) is 31.5 Å². The third-order valence-corrected chi connectivity index (χ3v) is 8.49. The van der Waals surface area contributed by atoms with Gasteiger partial charge in [0.1, 0.15) is 24.1 Å². The number of nitrogens with zero attached hydrogens (tertiary/aromatic N) is 4. The Kier molecular flexibility index (Phi) is 12.8. The quantitative estimate of drug-likeness (QED) is 0.0311. The lowest BCUT2D eigenvalue weighted by molar-refractivity contribution is -0.218. The molecule has 0 saturated carbocycles. The van der Waals surface area contributed by atoms with E-state index >= 15 is 0 Å². The van der Waals surface area contributed by atoms with Crippen molar-refractivity contribution in [3.05, 3.63) is 47.1 Å². The Morgan fingerprint density at radius 3 is 2.56 bits per heavy atom. The fraction of sp³-hybridized carbons (Fsp3) is 0.448. The minimum Gasteiger partial charge on any atom is -0.489 e. The van der Waals surface area contributed by atoms with Crippen molar-refractivity contribution in [3.8, 4) is 5.75 Å². The summed E-state index contributed by atoms with van der Waals surface area (Å²) in [6, 6.07) is 5.55. The average molecular weight is 738 g/mol. The summed E-state index contributed by atoms with van der Waals surface area (Å²) >= 11 is 0.958. The fourth-order valence-corrected chi connectivity index (χ4v) is 5.56. The molecule has 9 N–H and O–H groups in total. The number of benzene rings is 1. The highest BCUT2D eigenvalue weighted by Crippen LogP contribution is 2.33. The van der Waals surface area contributed by atoms with Crippen LogP contribution < -0.4 is 32.2 Å². The van der Waals surface area contributed by atoms with Crippen molar-refractivity contribution in [2.24, 2.45) is 21.8 Å². The molecule has 0 bridgehead atoms. The maximum atomic E-state index is 13.3. The number of carboxylic acid groups (broad SMARTS) is 1. The molecule has 272 valence electrons. The largest absolute Gasteiger partial charge is 0.489 e. The monoisotopic (exact) mass is 737 g/mol. The summed E-state index contributed by atoms with van der Waals surface area (Å²) in [5.41, 5.74) is 10.9. The third-order valence-electron chi connectivity index (χ3n) is 7.48. The van der Waals surface area contributed by atoms with Crippen LogP contribution >= 0.6 is 11.3 Å². The molecule has 21 heteroatoms. The SMILES string of the molecule is CC1(C)[C@H](NC(=O)/C(=N\OC(COc2ccc(C(=C/NCCCN)/C=N/CC3CNC3)cc2)C(=O)O)c2csc(N)n2)C(=O)N1OS(=O)(=O)O. The number of rotatable bonds is 19. The number of nitrogens with two attached hydrogens (primary N) is 2. The minimum atomic E-state index is -5.02. The van der Waals surface area contributed by atoms with Gasteiger partial charge < -0.3 is 42.1 Å². The van der Waals surface area contributed by atoms with Crippen LogP contribution in [0.2, 0.25) is 0 Å². The predicted molar refractivity (Wildman–Crippen MR) is 182 cm³/mol. The van der Waals surface area contributed by atoms with Gasteiger partial charge in [-0.15, -0.1) is 15.6 Å². The summed E-state index contributed by atoms with van der Waals surface area (Å²) in [7, 11) is -5.02. The zero-order valence-electron chi connectivity index (χ0n) is 27.1. The van der Waals surface area contributed by atoms with Crippen LogP contribution in [0.4, 0.5) is 5.13 Å². The van der Waals surface area contributed by atoms with Gasteiger partial charge in [-0.05, 0) is 44.5 Å². The number of aromatic nitrogens is 1. The van der Waals surface area contributed by atoms with E-state index in [9.17, 15) is 27.9 Å². The molecule has 0 radical (unpaired) electrons. The minimum absolute atomic E-state index is 0.0566. The number of carbonyl (C=O) groups is 3. The van der Waals surface area contributed by atoms with Crippen LogP contribution in [0.15, 0.2) is 46.0 Å². The van der Waals surface area contributed by atoms with Gasteiger partial charge in [0.2, 0.25) is 0 Å². The van der Waals surface area contributed by atoms with Gasteiger partial charge in [-0.2, -0.15) is 13.5 Å². The normalized spacial score (nSPS) is 18.7. The lowest BCUT2D eigenvalue weighted by atomic mass is 9.84. The Balaban J connectivity index is 1.43. The van der Waals surface area contributed by atoms with Crippen molar-refractivity contribution in [1.82, 2.24) is 26.0 Å². The van der Waals surface area contributed by atoms with Crippen molar-refractivity contribution in [3.63, 3.8) is 0 Å². The van der Waals surface area contributed by atoms with Crippen LogP contribution in [0.25, 0.3) is 5.57 Å². The number of amides is 2. The second-order valence-corrected chi connectivity index (χ2v) is 13.6. The zero-order chi connectivity index (χ0) is 36.5. The van der Waals surface area contributed by atoms with E-state index in [1.54, 1.807) is 30.5 Å². The molecule has 19 nitrogen and oxygen atoms in total. The molecule has 50 heavy (non-hydrogen) atoms. The van der Waals surface area contributed by atoms with Crippen LogP contribution in [-0.4, -0.2) is 115 Å². The molecule has 0 aliphatic carbocycles. The Bertz CT molecular complexity index is 1720. The first-order valence-electron chi connectivity index (χ1n) is 15.3. The van der Waals surface area contributed by atoms with E-state index in [-0.39, 0.29) is 10.8 Å². The highest BCUT2D eigenvalue weighted by molar-refractivity contribution is 7.80. The topological polar surface area (TPSA) is 282 Å². The maximum absolute atomic E-state index is 13.3. The van der Waals surface area contributed by atoms with Crippen molar-refractivity contribution in [2.75, 3.05) is 45.1 Å². The van der Waals surface area contributed by atoms with Gasteiger partial charge in [0, 0.05) is 55.5 Å². The molecule has 1 aromatic heterocycles. The molecule has 4 rings (SSSR count). The van der Waals surface area contributed by atoms with Crippen LogP contribution in [0.5, 0.6) is 5.75 Å². The summed E-state index contributed by atoms with van der Waals surface area (Å²) in [6.45, 7) is 6.05. The summed E-state index contributed by atoms with van der Waals surface area (Å²) in [5, 5.41) is 24.1. The number of aliphatic imine (C=N–C) groups is 1. The molecule has 2 saturated heterocycles. The van der Waals surface area contributed by atoms with E-state index < -0.39 is 58.2 Å². The number of carboxylic acids is 1. The number of oxime groups is 1. The molecule has 0 spiro atoms. The Labute approximate surface area is 291 Å². The van der Waals surface area contributed by atoms with Gasteiger partial charge in [0.15, 0.2) is 10.8 Å². The van der Waals surface area contributed by atoms with Gasteiger partial charge >= 0.3 is 16.4 Å². The van der Waals surface area contributed by atoms with Gasteiger partial charge in [0.05, 0.1) is 5.54 Å². The van der Waals surface area contributed by atoms with Gasteiger partial charge in [-0.25, -0.2) is 9.78 Å². The van der Waals surface area contributed by atoms with Crippen LogP contribution in [0.3, 0.4) is 0 Å². The molecule has 2 atom stereocenters. The molecule has 2 aliphatic rings. The third kappa shape index (κ3) is 10.2. The number of hydrogen-bond donors (Lipinski definition) is 7. The standard InChI is InChI=1S/C29H39N9O10S2/c1-29(2)24(26(40)38(29)48-50(43,44)45)36-25(39)23(21-16-49-28(31)35-21)37-47-22(27(41)42)15-46-20-6-4-18(5-7-20)19(13-32-9-3-8-30)14-34-12-17-10-33-11-17/h4-7,13-14,16-17,22,24,32-33H,3,8-12,15,30H2,1-2H3,(H2,31,35)(H,36,39)(H,41,42)(H,43,44,45)/b19-13+,34-14+,37-23-/t22?,24-/m1/s1. The van der Waals surface area contributed by atoms with Gasteiger partial charge in [0.25, 0.3) is 17.9 Å². The molecule has 3 heterocycles. The van der Waals surface area contributed by atoms with Crippen molar-refractivity contribution in [2.45, 2.75) is 38.0 Å². The second kappa shape index (κ2) is 16.8. The number of hydrogen-bond acceptors (Lipinski definition) is 16. The highest BCUT2D eigenvalue weighted by Gasteiger charge is 2.58. The van der Waals surface area contributed by atoms with E-state index in [1.807, 2.05) is 6.20 Å². The summed E-state index contributed by atoms with van der Waals surface area (Å²) in [4.78, 5) is 51.6. The molecule has 1 aromatic carbocycles. The lowest BCUT2D eigenvalue weighted by Gasteiger charge is -2.50. The van der Waals surface area contributed by atoms with E-state index in [2.05, 4.69) is 35.4 Å². The number of allylic oxidation sites excluding steroid dienone is 1. The molecule has 2 aliphatic heterocycles. The van der Waals surface area contributed by atoms with Crippen molar-refractivity contribution < 1.29 is 46.3 Å². The van der Waals surface area contributed by atoms with Crippen molar-refractivity contribution in [1.29, 1.82) is 0 Å². The number of nitrogen functional groups attached to an aromatic ring is 1. The predicted octanol–water partition coefficient (Wildman–Crippen LogP) is -0.612. The number of β-lactam (4-membered cyclic amide) rings is 1. The van der Waals surface area contributed by atoms with E-state index in [4.69, 9.17) is 25.6 Å². The first-order chi connectivity index (χ1) is 23.7. The summed E-state index contributed by atoms with van der Waals surface area (Å²) < 4.78 is 41.2. The number of carbonyl (C=O) groups excluding carboxylic acids is 2. The van der Waals surface area contributed by atoms with Gasteiger partial charge in [-0.3, -0.25) is 19.1 Å². The average Bonchev–Trinajstić information content (AvgIpc) is 3.47. The van der Waals surface area contributed by atoms with E-state index in [0.29, 0.717) is 36.4 Å². The molecular weight excluding hydrogens is 699 g/mol. The number of anilines is 1. The molecular formula is C29H39N9O10S2. The van der Waals surface area contributed by atoms with E-state index in [0.717, 1.165) is 42.0 Å². The number of ether oxygens (including phenoxy) is 1. The molecule has 2 fully saturated rings. The zero-order valence-corrected chi connectivity index (χ0v) is 28.8. The maximum Gasteiger partial charge on any atom is 0.418 e. The number of hydroxylamine groups is 2. The lowest BCUT2D eigenvalue weighted by Crippen LogP contribution is -2.76. The summed E-state index contributed by atoms with van der Waals surface area (Å²) in [6.07, 6.45) is 2.76.